The Bertz CT molecular complexity index is 1240. The number of methoxy groups -OCH3 is 1. The number of benzene rings is 1. The summed E-state index contributed by atoms with van der Waals surface area (Å²) < 4.78 is 69.3. The lowest BCUT2D eigenvalue weighted by Gasteiger charge is -2.22. The average molecular weight is 466 g/mol. The molecule has 0 amide bonds. The fourth-order valence-corrected chi connectivity index (χ4v) is 5.31. The zero-order valence-electron chi connectivity index (χ0n) is 17.2. The van der Waals surface area contributed by atoms with Gasteiger partial charge in [0.1, 0.15) is 33.3 Å². The van der Waals surface area contributed by atoms with Crippen LogP contribution in [0.3, 0.4) is 0 Å². The van der Waals surface area contributed by atoms with Crippen LogP contribution in [0.2, 0.25) is 0 Å². The second kappa shape index (κ2) is 8.89. The number of alkyl halides is 2. The highest BCUT2D eigenvalue weighted by Crippen LogP contribution is 2.34. The molecule has 170 valence electrons. The maximum atomic E-state index is 14.4. The fraction of sp³-hybridized carbons (Fsp3) is 0.381. The quantitative estimate of drug-likeness (QED) is 0.587. The molecule has 7 nitrogen and oxygen atoms in total. The highest BCUT2D eigenvalue weighted by Gasteiger charge is 2.27. The number of anilines is 1. The largest absolute Gasteiger partial charge is 0.479 e. The molecule has 0 saturated carbocycles. The molecular formula is C21H21F3N4O3S. The van der Waals surface area contributed by atoms with Crippen molar-refractivity contribution in [2.24, 2.45) is 0 Å². The van der Waals surface area contributed by atoms with E-state index in [1.54, 1.807) is 6.07 Å². The summed E-state index contributed by atoms with van der Waals surface area (Å²) in [5.74, 6) is -0.211. The van der Waals surface area contributed by atoms with Crippen LogP contribution in [0, 0.1) is 5.82 Å². The summed E-state index contributed by atoms with van der Waals surface area (Å²) in [6.45, 7) is -0.0693. The Morgan fingerprint density at radius 3 is 2.66 bits per heavy atom. The number of rotatable bonds is 6. The van der Waals surface area contributed by atoms with Crippen LogP contribution < -0.4 is 10.1 Å². The van der Waals surface area contributed by atoms with E-state index in [0.717, 1.165) is 6.07 Å². The molecule has 11 heteroatoms. The number of fused-ring (bicyclic) bond motifs is 1. The number of halogens is 3. The number of hydrogen-bond donors (Lipinski definition) is 1. The molecule has 3 heterocycles. The standard InChI is InChI=1S/C21H21F3N4O3S/c1-31-21-18-15(9-16(28-21)12-5-7-32(29,30)8-6-12)20(27-11-26-18)25-10-13-3-2-4-14(17(13)22)19(23)24/h2-4,9,11-12,19H,5-8,10H2,1H3,(H,25,26,27). The van der Waals surface area contributed by atoms with Gasteiger partial charge in [-0.3, -0.25) is 0 Å². The second-order valence-corrected chi connectivity index (χ2v) is 9.88. The molecule has 0 unspecified atom stereocenters. The van der Waals surface area contributed by atoms with E-state index in [0.29, 0.717) is 35.3 Å². The fourth-order valence-electron chi connectivity index (χ4n) is 3.81. The molecule has 0 spiro atoms. The molecule has 4 rings (SSSR count). The lowest BCUT2D eigenvalue weighted by atomic mass is 9.97. The number of nitrogens with one attached hydrogen (secondary N) is 1. The van der Waals surface area contributed by atoms with Gasteiger partial charge in [-0.15, -0.1) is 0 Å². The number of hydrogen-bond acceptors (Lipinski definition) is 7. The van der Waals surface area contributed by atoms with Crippen LogP contribution in [0.1, 0.15) is 42.0 Å². The Kier molecular flexibility index (Phi) is 6.18. The van der Waals surface area contributed by atoms with E-state index < -0.39 is 27.6 Å². The third-order valence-corrected chi connectivity index (χ3v) is 7.28. The lowest BCUT2D eigenvalue weighted by Crippen LogP contribution is -2.22. The van der Waals surface area contributed by atoms with Crippen molar-refractivity contribution in [1.82, 2.24) is 15.0 Å². The van der Waals surface area contributed by atoms with E-state index in [2.05, 4.69) is 20.3 Å². The number of aromatic nitrogens is 3. The topological polar surface area (TPSA) is 94.1 Å². The molecule has 0 atom stereocenters. The van der Waals surface area contributed by atoms with Gasteiger partial charge < -0.3 is 10.1 Å². The Balaban J connectivity index is 1.67. The van der Waals surface area contributed by atoms with E-state index >= 15 is 0 Å². The van der Waals surface area contributed by atoms with Crippen LogP contribution in [0.5, 0.6) is 5.88 Å². The van der Waals surface area contributed by atoms with Crippen LogP contribution in [0.25, 0.3) is 10.9 Å². The Morgan fingerprint density at radius 2 is 1.97 bits per heavy atom. The van der Waals surface area contributed by atoms with Gasteiger partial charge in [0.05, 0.1) is 29.6 Å². The van der Waals surface area contributed by atoms with Gasteiger partial charge in [0.2, 0.25) is 5.88 Å². The van der Waals surface area contributed by atoms with Crippen molar-refractivity contribution in [2.45, 2.75) is 31.7 Å². The van der Waals surface area contributed by atoms with Gasteiger partial charge in [0.25, 0.3) is 6.43 Å². The lowest BCUT2D eigenvalue weighted by molar-refractivity contribution is 0.146. The molecule has 3 aromatic rings. The number of pyridine rings is 1. The van der Waals surface area contributed by atoms with Crippen molar-refractivity contribution >= 4 is 26.6 Å². The second-order valence-electron chi connectivity index (χ2n) is 7.58. The van der Waals surface area contributed by atoms with Crippen LogP contribution >= 0.6 is 0 Å². The minimum absolute atomic E-state index is 0.0648. The molecule has 1 aliphatic rings. The molecule has 2 aromatic heterocycles. The maximum Gasteiger partial charge on any atom is 0.266 e. The van der Waals surface area contributed by atoms with Gasteiger partial charge >= 0.3 is 0 Å². The zero-order valence-corrected chi connectivity index (χ0v) is 18.0. The highest BCUT2D eigenvalue weighted by atomic mass is 32.2. The Morgan fingerprint density at radius 1 is 1.22 bits per heavy atom. The first-order valence-electron chi connectivity index (χ1n) is 9.98. The molecule has 1 saturated heterocycles. The van der Waals surface area contributed by atoms with Crippen molar-refractivity contribution in [3.8, 4) is 5.88 Å². The summed E-state index contributed by atoms with van der Waals surface area (Å²) in [4.78, 5) is 13.0. The third kappa shape index (κ3) is 4.47. The van der Waals surface area contributed by atoms with Gasteiger partial charge in [-0.1, -0.05) is 18.2 Å². The van der Waals surface area contributed by atoms with Gasteiger partial charge in [-0.2, -0.15) is 0 Å². The monoisotopic (exact) mass is 466 g/mol. The third-order valence-electron chi connectivity index (χ3n) is 5.57. The van der Waals surface area contributed by atoms with E-state index in [4.69, 9.17) is 4.74 Å². The van der Waals surface area contributed by atoms with Crippen molar-refractivity contribution in [1.29, 1.82) is 0 Å². The Hall–Kier alpha value is -2.95. The maximum absolute atomic E-state index is 14.4. The van der Waals surface area contributed by atoms with Crippen LogP contribution in [0.15, 0.2) is 30.6 Å². The normalized spacial score (nSPS) is 16.4. The molecule has 0 aliphatic carbocycles. The van der Waals surface area contributed by atoms with Crippen molar-refractivity contribution in [3.05, 3.63) is 53.2 Å². The molecule has 1 fully saturated rings. The highest BCUT2D eigenvalue weighted by molar-refractivity contribution is 7.91. The molecule has 32 heavy (non-hydrogen) atoms. The SMILES string of the molecule is COc1nc(C2CCS(=O)(=O)CC2)cc2c(NCc3cccc(C(F)F)c3F)ncnc12. The molecule has 1 aromatic carbocycles. The first-order chi connectivity index (χ1) is 15.3. The first-order valence-corrected chi connectivity index (χ1v) is 11.8. The van der Waals surface area contributed by atoms with Gasteiger partial charge in [0, 0.05) is 23.7 Å². The van der Waals surface area contributed by atoms with Gasteiger partial charge in [-0.25, -0.2) is 36.5 Å². The van der Waals surface area contributed by atoms with Crippen molar-refractivity contribution < 1.29 is 26.3 Å². The molecule has 0 radical (unpaired) electrons. The summed E-state index contributed by atoms with van der Waals surface area (Å²) >= 11 is 0. The smallest absolute Gasteiger partial charge is 0.266 e. The van der Waals surface area contributed by atoms with Gasteiger partial charge in [-0.05, 0) is 18.9 Å². The minimum atomic E-state index is -3.03. The zero-order chi connectivity index (χ0) is 22.9. The number of sulfone groups is 1. The summed E-state index contributed by atoms with van der Waals surface area (Å²) in [6.07, 6.45) is -0.710. The molecule has 1 N–H and O–H groups in total. The molecule has 1 aliphatic heterocycles. The van der Waals surface area contributed by atoms with E-state index in [9.17, 15) is 21.6 Å². The van der Waals surface area contributed by atoms with Crippen molar-refractivity contribution in [2.75, 3.05) is 23.9 Å². The summed E-state index contributed by atoms with van der Waals surface area (Å²) in [6, 6.07) is 5.63. The summed E-state index contributed by atoms with van der Waals surface area (Å²) in [5, 5.41) is 3.55. The number of ether oxygens (including phenoxy) is 1. The van der Waals surface area contributed by atoms with E-state index in [-0.39, 0.29) is 35.4 Å². The summed E-state index contributed by atoms with van der Waals surface area (Å²) in [5.41, 5.74) is 0.512. The molecule has 0 bridgehead atoms. The average Bonchev–Trinajstić information content (AvgIpc) is 2.77. The van der Waals surface area contributed by atoms with Crippen molar-refractivity contribution in [3.63, 3.8) is 0 Å². The first kappa shape index (κ1) is 22.3. The summed E-state index contributed by atoms with van der Waals surface area (Å²) in [7, 11) is -1.57. The van der Waals surface area contributed by atoms with Crippen LogP contribution in [0.4, 0.5) is 19.0 Å². The minimum Gasteiger partial charge on any atom is -0.479 e. The predicted molar refractivity (Wildman–Crippen MR) is 113 cm³/mol. The predicted octanol–water partition coefficient (Wildman–Crippen LogP) is 4.01. The van der Waals surface area contributed by atoms with E-state index in [1.165, 1.54) is 25.6 Å². The Labute approximate surface area is 183 Å². The van der Waals surface area contributed by atoms with E-state index in [1.807, 2.05) is 0 Å². The number of nitrogens with zero attached hydrogens (tertiary/aromatic N) is 3. The molecular weight excluding hydrogens is 445 g/mol. The van der Waals surface area contributed by atoms with Crippen LogP contribution in [-0.4, -0.2) is 42.0 Å². The van der Waals surface area contributed by atoms with Gasteiger partial charge in [0.15, 0.2) is 0 Å². The van der Waals surface area contributed by atoms with Crippen LogP contribution in [-0.2, 0) is 16.4 Å².